The molecule has 0 unspecified atom stereocenters. The first-order valence-electron chi connectivity index (χ1n) is 7.75. The van der Waals surface area contributed by atoms with Crippen molar-refractivity contribution in [3.63, 3.8) is 0 Å². The van der Waals surface area contributed by atoms with E-state index in [0.717, 1.165) is 11.3 Å². The summed E-state index contributed by atoms with van der Waals surface area (Å²) < 4.78 is 15.7. The molecule has 132 valence electrons. The van der Waals surface area contributed by atoms with Gasteiger partial charge in [-0.1, -0.05) is 12.1 Å². The van der Waals surface area contributed by atoms with Crippen molar-refractivity contribution in [2.75, 3.05) is 14.2 Å². The molecule has 7 nitrogen and oxygen atoms in total. The lowest BCUT2D eigenvalue weighted by Gasteiger charge is -2.06. The van der Waals surface area contributed by atoms with Crippen molar-refractivity contribution in [1.29, 1.82) is 5.41 Å². The highest BCUT2D eigenvalue weighted by atomic mass is 16.5. The van der Waals surface area contributed by atoms with E-state index in [2.05, 4.69) is 10.5 Å². The average Bonchev–Trinajstić information content (AvgIpc) is 2.67. The first-order valence-corrected chi connectivity index (χ1v) is 7.75. The van der Waals surface area contributed by atoms with Gasteiger partial charge >= 0.3 is 0 Å². The van der Waals surface area contributed by atoms with Gasteiger partial charge in [0.2, 0.25) is 5.55 Å². The third kappa shape index (κ3) is 3.56. The van der Waals surface area contributed by atoms with Crippen LogP contribution in [-0.4, -0.2) is 26.3 Å². The lowest BCUT2D eigenvalue weighted by Crippen LogP contribution is -2.24. The maximum Gasteiger partial charge on any atom is 0.276 e. The van der Waals surface area contributed by atoms with Gasteiger partial charge in [-0.3, -0.25) is 10.2 Å². The fourth-order valence-corrected chi connectivity index (χ4v) is 2.38. The maximum atomic E-state index is 12.3. The number of nitrogens with one attached hydrogen (secondary N) is 2. The van der Waals surface area contributed by atoms with Crippen molar-refractivity contribution in [1.82, 2.24) is 5.43 Å². The average molecular weight is 351 g/mol. The summed E-state index contributed by atoms with van der Waals surface area (Å²) in [5, 5.41) is 12.5. The molecule has 0 aliphatic rings. The number of hydrogen-bond donors (Lipinski definition) is 2. The molecule has 0 aliphatic carbocycles. The van der Waals surface area contributed by atoms with E-state index in [1.165, 1.54) is 13.3 Å². The highest BCUT2D eigenvalue weighted by Crippen LogP contribution is 2.24. The summed E-state index contributed by atoms with van der Waals surface area (Å²) in [7, 11) is 3.11. The van der Waals surface area contributed by atoms with Crippen LogP contribution < -0.4 is 20.5 Å². The number of fused-ring (bicyclic) bond motifs is 1. The monoisotopic (exact) mass is 351 g/mol. The minimum Gasteiger partial charge on any atom is -0.497 e. The number of hydrazone groups is 1. The largest absolute Gasteiger partial charge is 0.497 e. The number of nitrogens with zero attached hydrogens (tertiary/aromatic N) is 1. The molecule has 26 heavy (non-hydrogen) atoms. The van der Waals surface area contributed by atoms with Gasteiger partial charge in [-0.15, -0.1) is 0 Å². The van der Waals surface area contributed by atoms with Crippen LogP contribution in [0, 0.1) is 5.41 Å². The quantitative estimate of drug-likeness (QED) is 0.545. The number of carbonyl (C=O) groups excluding carboxylic acids is 1. The molecule has 1 heterocycles. The number of hydrogen-bond acceptors (Lipinski definition) is 6. The van der Waals surface area contributed by atoms with Crippen LogP contribution in [0.15, 0.2) is 58.0 Å². The first-order chi connectivity index (χ1) is 12.6. The second-order valence-corrected chi connectivity index (χ2v) is 5.34. The van der Waals surface area contributed by atoms with Crippen LogP contribution in [0.5, 0.6) is 11.5 Å². The Morgan fingerprint density at radius 2 is 1.92 bits per heavy atom. The summed E-state index contributed by atoms with van der Waals surface area (Å²) in [5.74, 6) is 0.701. The number of amides is 1. The zero-order chi connectivity index (χ0) is 18.5. The van der Waals surface area contributed by atoms with Gasteiger partial charge in [0.1, 0.15) is 11.3 Å². The number of rotatable bonds is 5. The minimum absolute atomic E-state index is 0.0811. The Hall–Kier alpha value is -3.61. The van der Waals surface area contributed by atoms with Crippen LogP contribution in [0.2, 0.25) is 0 Å². The highest BCUT2D eigenvalue weighted by Gasteiger charge is 2.13. The summed E-state index contributed by atoms with van der Waals surface area (Å²) in [5.41, 5.74) is 3.43. The lowest BCUT2D eigenvalue weighted by atomic mass is 10.1. The van der Waals surface area contributed by atoms with E-state index in [0.29, 0.717) is 16.7 Å². The first kappa shape index (κ1) is 17.2. The second-order valence-electron chi connectivity index (χ2n) is 5.34. The van der Waals surface area contributed by atoms with Crippen LogP contribution in [0.1, 0.15) is 15.9 Å². The number of benzene rings is 2. The number of para-hydroxylation sites is 1. The predicted molar refractivity (Wildman–Crippen MR) is 96.7 cm³/mol. The zero-order valence-corrected chi connectivity index (χ0v) is 14.3. The molecule has 0 saturated heterocycles. The number of methoxy groups -OCH3 is 2. The molecule has 3 rings (SSSR count). The maximum absolute atomic E-state index is 12.3. The SMILES string of the molecule is COc1ccc(C=NNC(=O)c2cc3cccc(OC)c3oc2=N)cc1. The Morgan fingerprint density at radius 1 is 1.15 bits per heavy atom. The summed E-state index contributed by atoms with van der Waals surface area (Å²) in [4.78, 5) is 12.3. The minimum atomic E-state index is -0.534. The van der Waals surface area contributed by atoms with Crippen LogP contribution in [0.3, 0.4) is 0 Å². The van der Waals surface area contributed by atoms with E-state index in [1.807, 2.05) is 12.1 Å². The second kappa shape index (κ2) is 7.52. The molecule has 0 saturated carbocycles. The van der Waals surface area contributed by atoms with Gasteiger partial charge < -0.3 is 13.9 Å². The van der Waals surface area contributed by atoms with Crippen molar-refractivity contribution in [2.24, 2.45) is 5.10 Å². The standard InChI is InChI=1S/C19H17N3O4/c1-24-14-8-6-12(7-9-14)11-21-22-19(23)15-10-13-4-3-5-16(25-2)17(13)26-18(15)20/h3-11,20H,1-2H3,(H,22,23). The van der Waals surface area contributed by atoms with Gasteiger partial charge in [0, 0.05) is 5.39 Å². The Kier molecular flexibility index (Phi) is 4.98. The zero-order valence-electron chi connectivity index (χ0n) is 14.3. The van der Waals surface area contributed by atoms with E-state index in [1.54, 1.807) is 43.5 Å². The third-order valence-corrected chi connectivity index (χ3v) is 3.72. The summed E-state index contributed by atoms with van der Waals surface area (Å²) >= 11 is 0. The van der Waals surface area contributed by atoms with Gasteiger partial charge in [0.15, 0.2) is 11.3 Å². The van der Waals surface area contributed by atoms with Gasteiger partial charge in [-0.25, -0.2) is 5.43 Å². The smallest absolute Gasteiger partial charge is 0.276 e. The molecule has 0 radical (unpaired) electrons. The Bertz CT molecular complexity index is 1020. The van der Waals surface area contributed by atoms with E-state index in [4.69, 9.17) is 19.3 Å². The number of carbonyl (C=O) groups is 1. The molecule has 0 bridgehead atoms. The summed E-state index contributed by atoms with van der Waals surface area (Å²) in [6.45, 7) is 0. The molecular formula is C19H17N3O4. The molecule has 7 heteroatoms. The number of ether oxygens (including phenoxy) is 2. The molecule has 1 aromatic heterocycles. The van der Waals surface area contributed by atoms with Crippen LogP contribution in [0.25, 0.3) is 11.0 Å². The molecule has 0 aliphatic heterocycles. The predicted octanol–water partition coefficient (Wildman–Crippen LogP) is 2.69. The van der Waals surface area contributed by atoms with Gasteiger partial charge in [-0.2, -0.15) is 5.10 Å². The van der Waals surface area contributed by atoms with Gasteiger partial charge in [0.05, 0.1) is 20.4 Å². The van der Waals surface area contributed by atoms with Crippen LogP contribution in [0.4, 0.5) is 0 Å². The van der Waals surface area contributed by atoms with Crippen LogP contribution in [-0.2, 0) is 0 Å². The molecular weight excluding hydrogens is 334 g/mol. The van der Waals surface area contributed by atoms with Crippen molar-refractivity contribution < 1.29 is 18.7 Å². The van der Waals surface area contributed by atoms with E-state index >= 15 is 0 Å². The Balaban J connectivity index is 1.80. The van der Waals surface area contributed by atoms with Crippen LogP contribution >= 0.6 is 0 Å². The van der Waals surface area contributed by atoms with Crippen molar-refractivity contribution >= 4 is 23.1 Å². The molecule has 3 aromatic rings. The Morgan fingerprint density at radius 3 is 2.62 bits per heavy atom. The summed E-state index contributed by atoms with van der Waals surface area (Å²) in [6, 6.07) is 14.1. The third-order valence-electron chi connectivity index (χ3n) is 3.72. The highest BCUT2D eigenvalue weighted by molar-refractivity contribution is 5.97. The molecule has 0 spiro atoms. The van der Waals surface area contributed by atoms with Crippen molar-refractivity contribution in [2.45, 2.75) is 0 Å². The fourth-order valence-electron chi connectivity index (χ4n) is 2.38. The molecule has 0 atom stereocenters. The van der Waals surface area contributed by atoms with Gasteiger partial charge in [-0.05, 0) is 42.0 Å². The van der Waals surface area contributed by atoms with E-state index in [-0.39, 0.29) is 11.1 Å². The fraction of sp³-hybridized carbons (Fsp3) is 0.105. The van der Waals surface area contributed by atoms with E-state index in [9.17, 15) is 4.79 Å². The van der Waals surface area contributed by atoms with E-state index < -0.39 is 5.91 Å². The van der Waals surface area contributed by atoms with Crippen molar-refractivity contribution in [3.8, 4) is 11.5 Å². The van der Waals surface area contributed by atoms with Gasteiger partial charge in [0.25, 0.3) is 5.91 Å². The lowest BCUT2D eigenvalue weighted by molar-refractivity contribution is 0.0951. The molecule has 2 N–H and O–H groups in total. The summed E-state index contributed by atoms with van der Waals surface area (Å²) in [6.07, 6.45) is 1.50. The molecule has 1 amide bonds. The molecule has 0 fully saturated rings. The van der Waals surface area contributed by atoms with Crippen molar-refractivity contribution in [3.05, 3.63) is 65.2 Å². The molecule has 2 aromatic carbocycles. The Labute approximate surface area is 149 Å². The normalized spacial score (nSPS) is 10.8. The topological polar surface area (TPSA) is 96.9 Å².